The van der Waals surface area contributed by atoms with Crippen molar-refractivity contribution in [1.82, 2.24) is 19.5 Å². The number of esters is 1. The Hall–Kier alpha value is -1.40. The number of hydrogen-bond acceptors (Lipinski definition) is 5. The molecular weight excluding hydrogens is 315 g/mol. The first-order valence-corrected chi connectivity index (χ1v) is 7.49. The molecule has 0 aliphatic heterocycles. The third-order valence-electron chi connectivity index (χ3n) is 3.98. The molecule has 2 heterocycles. The Balaban J connectivity index is 1.84. The van der Waals surface area contributed by atoms with E-state index in [0.29, 0.717) is 11.2 Å². The molecule has 21 heavy (non-hydrogen) atoms. The Labute approximate surface area is 131 Å². The average Bonchev–Trinajstić information content (AvgIpc) is 2.90. The van der Waals surface area contributed by atoms with Crippen LogP contribution in [0.3, 0.4) is 0 Å². The van der Waals surface area contributed by atoms with Crippen molar-refractivity contribution in [3.8, 4) is 0 Å². The number of nitrogens with zero attached hydrogens (tertiary/aromatic N) is 4. The normalized spacial score (nSPS) is 22.4. The Kier molecular flexibility index (Phi) is 3.99. The molecule has 1 saturated carbocycles. The summed E-state index contributed by atoms with van der Waals surface area (Å²) in [5, 5.41) is 0.365. The highest BCUT2D eigenvalue weighted by Gasteiger charge is 2.28. The van der Waals surface area contributed by atoms with Crippen molar-refractivity contribution >= 4 is 40.3 Å². The van der Waals surface area contributed by atoms with Crippen LogP contribution in [-0.4, -0.2) is 32.6 Å². The maximum Gasteiger partial charge on any atom is 0.308 e. The van der Waals surface area contributed by atoms with Gasteiger partial charge in [-0.2, -0.15) is 4.98 Å². The highest BCUT2D eigenvalue weighted by molar-refractivity contribution is 6.35. The summed E-state index contributed by atoms with van der Waals surface area (Å²) in [6.07, 6.45) is 5.03. The SMILES string of the molecule is COC(=O)[C@H]1CC[C@@H](n2cnc3c(Cl)nc(Cl)nc32)CC1. The van der Waals surface area contributed by atoms with E-state index in [2.05, 4.69) is 15.0 Å². The van der Waals surface area contributed by atoms with E-state index in [9.17, 15) is 4.79 Å². The number of hydrogen-bond donors (Lipinski definition) is 0. The second-order valence-corrected chi connectivity index (χ2v) is 5.83. The monoisotopic (exact) mass is 328 g/mol. The number of imidazole rings is 1. The van der Waals surface area contributed by atoms with Crippen LogP contribution >= 0.6 is 23.2 Å². The smallest absolute Gasteiger partial charge is 0.308 e. The van der Waals surface area contributed by atoms with E-state index in [4.69, 9.17) is 27.9 Å². The zero-order valence-electron chi connectivity index (χ0n) is 11.4. The molecule has 1 aliphatic rings. The van der Waals surface area contributed by atoms with Gasteiger partial charge in [-0.3, -0.25) is 4.79 Å². The van der Waals surface area contributed by atoms with Crippen molar-refractivity contribution in [3.63, 3.8) is 0 Å². The molecule has 3 rings (SSSR count). The van der Waals surface area contributed by atoms with Crippen molar-refractivity contribution in [2.75, 3.05) is 7.11 Å². The predicted octanol–water partition coefficient (Wildman–Crippen LogP) is 3.04. The van der Waals surface area contributed by atoms with Gasteiger partial charge >= 0.3 is 5.97 Å². The van der Waals surface area contributed by atoms with Gasteiger partial charge < -0.3 is 9.30 Å². The maximum absolute atomic E-state index is 11.6. The molecule has 0 amide bonds. The highest BCUT2D eigenvalue weighted by atomic mass is 35.5. The Morgan fingerprint density at radius 2 is 2.00 bits per heavy atom. The molecule has 0 aromatic carbocycles. The third kappa shape index (κ3) is 2.70. The first kappa shape index (κ1) is 14.5. The molecule has 0 unspecified atom stereocenters. The van der Waals surface area contributed by atoms with E-state index in [1.54, 1.807) is 6.33 Å². The van der Waals surface area contributed by atoms with Gasteiger partial charge in [0.1, 0.15) is 5.52 Å². The number of carbonyl (C=O) groups excluding carboxylic acids is 1. The van der Waals surface area contributed by atoms with Crippen LogP contribution in [0.15, 0.2) is 6.33 Å². The summed E-state index contributed by atoms with van der Waals surface area (Å²) in [5.74, 6) is -0.139. The molecule has 112 valence electrons. The van der Waals surface area contributed by atoms with Crippen molar-refractivity contribution < 1.29 is 9.53 Å². The maximum atomic E-state index is 11.6. The lowest BCUT2D eigenvalue weighted by Gasteiger charge is -2.27. The Bertz CT molecular complexity index is 680. The van der Waals surface area contributed by atoms with Crippen LogP contribution in [0.4, 0.5) is 0 Å². The molecule has 0 spiro atoms. The van der Waals surface area contributed by atoms with Crippen LogP contribution in [0.1, 0.15) is 31.7 Å². The minimum Gasteiger partial charge on any atom is -0.469 e. The minimum atomic E-state index is -0.127. The van der Waals surface area contributed by atoms with Crippen LogP contribution in [0.25, 0.3) is 11.2 Å². The highest BCUT2D eigenvalue weighted by Crippen LogP contribution is 2.35. The summed E-state index contributed by atoms with van der Waals surface area (Å²) in [4.78, 5) is 23.9. The van der Waals surface area contributed by atoms with Gasteiger partial charge in [-0.15, -0.1) is 0 Å². The lowest BCUT2D eigenvalue weighted by Crippen LogP contribution is -2.24. The molecule has 0 N–H and O–H groups in total. The summed E-state index contributed by atoms with van der Waals surface area (Å²) in [7, 11) is 1.43. The summed E-state index contributed by atoms with van der Waals surface area (Å²) >= 11 is 11.9. The third-order valence-corrected chi connectivity index (χ3v) is 4.41. The molecule has 0 bridgehead atoms. The van der Waals surface area contributed by atoms with Gasteiger partial charge in [-0.25, -0.2) is 9.97 Å². The van der Waals surface area contributed by atoms with Crippen molar-refractivity contribution in [1.29, 1.82) is 0 Å². The lowest BCUT2D eigenvalue weighted by atomic mass is 9.86. The standard InChI is InChI=1S/C13H14Cl2N4O2/c1-21-12(20)7-2-4-8(5-3-7)19-6-16-9-10(14)17-13(15)18-11(9)19/h6-8H,2-5H2,1H3/t7-,8+. The summed E-state index contributed by atoms with van der Waals surface area (Å²) in [6.45, 7) is 0. The number of fused-ring (bicyclic) bond motifs is 1. The number of carbonyl (C=O) groups is 1. The summed E-state index contributed by atoms with van der Waals surface area (Å²) in [6, 6.07) is 0.234. The number of ether oxygens (including phenoxy) is 1. The molecule has 2 aromatic rings. The minimum absolute atomic E-state index is 0.0113. The van der Waals surface area contributed by atoms with Gasteiger partial charge in [0.15, 0.2) is 10.8 Å². The summed E-state index contributed by atoms with van der Waals surface area (Å²) in [5.41, 5.74) is 1.19. The number of methoxy groups -OCH3 is 1. The fraction of sp³-hybridized carbons (Fsp3) is 0.538. The molecule has 1 aliphatic carbocycles. The van der Waals surface area contributed by atoms with E-state index in [-0.39, 0.29) is 28.4 Å². The Morgan fingerprint density at radius 3 is 2.67 bits per heavy atom. The van der Waals surface area contributed by atoms with Gasteiger partial charge in [0.25, 0.3) is 0 Å². The van der Waals surface area contributed by atoms with Crippen LogP contribution in [0.2, 0.25) is 10.4 Å². The fourth-order valence-corrected chi connectivity index (χ4v) is 3.30. The zero-order chi connectivity index (χ0) is 15.0. The van der Waals surface area contributed by atoms with Gasteiger partial charge in [0, 0.05) is 6.04 Å². The van der Waals surface area contributed by atoms with Gasteiger partial charge in [0.2, 0.25) is 5.28 Å². The van der Waals surface area contributed by atoms with Gasteiger partial charge in [0.05, 0.1) is 19.4 Å². The van der Waals surface area contributed by atoms with E-state index in [1.165, 1.54) is 7.11 Å². The molecule has 0 radical (unpaired) electrons. The van der Waals surface area contributed by atoms with E-state index in [0.717, 1.165) is 25.7 Å². The molecule has 1 fully saturated rings. The number of rotatable bonds is 2. The van der Waals surface area contributed by atoms with E-state index < -0.39 is 0 Å². The van der Waals surface area contributed by atoms with Gasteiger partial charge in [-0.1, -0.05) is 11.6 Å². The number of aromatic nitrogens is 4. The quantitative estimate of drug-likeness (QED) is 0.481. The van der Waals surface area contributed by atoms with E-state index >= 15 is 0 Å². The number of halogens is 2. The predicted molar refractivity (Wildman–Crippen MR) is 78.4 cm³/mol. The topological polar surface area (TPSA) is 69.9 Å². The van der Waals surface area contributed by atoms with Gasteiger partial charge in [-0.05, 0) is 37.3 Å². The first-order valence-electron chi connectivity index (χ1n) is 6.73. The molecule has 0 saturated heterocycles. The largest absolute Gasteiger partial charge is 0.469 e. The van der Waals surface area contributed by atoms with Crippen LogP contribution in [0.5, 0.6) is 0 Å². The van der Waals surface area contributed by atoms with Crippen molar-refractivity contribution in [2.45, 2.75) is 31.7 Å². The molecule has 2 aromatic heterocycles. The zero-order valence-corrected chi connectivity index (χ0v) is 12.9. The summed E-state index contributed by atoms with van der Waals surface area (Å²) < 4.78 is 6.78. The molecule has 6 nitrogen and oxygen atoms in total. The second-order valence-electron chi connectivity index (χ2n) is 5.14. The van der Waals surface area contributed by atoms with Crippen LogP contribution < -0.4 is 0 Å². The fourth-order valence-electron chi connectivity index (χ4n) is 2.88. The molecule has 0 atom stereocenters. The molecular formula is C13H14Cl2N4O2. The Morgan fingerprint density at radius 1 is 1.29 bits per heavy atom. The van der Waals surface area contributed by atoms with E-state index in [1.807, 2.05) is 4.57 Å². The first-order chi connectivity index (χ1) is 10.1. The van der Waals surface area contributed by atoms with Crippen molar-refractivity contribution in [3.05, 3.63) is 16.8 Å². The average molecular weight is 329 g/mol. The van der Waals surface area contributed by atoms with Crippen molar-refractivity contribution in [2.24, 2.45) is 5.92 Å². The molecule has 8 heteroatoms. The van der Waals surface area contributed by atoms with Crippen LogP contribution in [0, 0.1) is 5.92 Å². The lowest BCUT2D eigenvalue weighted by molar-refractivity contribution is -0.146. The van der Waals surface area contributed by atoms with Crippen LogP contribution in [-0.2, 0) is 9.53 Å². The second kappa shape index (κ2) is 5.77.